The Morgan fingerprint density at radius 1 is 0.212 bits per heavy atom. The van der Waals surface area contributed by atoms with Gasteiger partial charge in [-0.05, 0) is 116 Å². The number of anilines is 6. The quantitative estimate of drug-likeness (QED) is 0.128. The molecule has 0 spiro atoms. The van der Waals surface area contributed by atoms with Crippen molar-refractivity contribution >= 4 is 110 Å². The zero-order chi connectivity index (χ0) is 52.7. The second-order valence-electron chi connectivity index (χ2n) is 20.7. The number of hydrogen-bond donors (Lipinski definition) is 0. The van der Waals surface area contributed by atoms with Gasteiger partial charge in [-0.15, -0.1) is 0 Å². The molecule has 0 saturated carbocycles. The van der Waals surface area contributed by atoms with Crippen LogP contribution in [0.15, 0.2) is 300 Å². The van der Waals surface area contributed by atoms with Gasteiger partial charge >= 0.3 is 0 Å². The van der Waals surface area contributed by atoms with E-state index in [1.165, 1.54) is 10.8 Å². The van der Waals surface area contributed by atoms with Crippen molar-refractivity contribution in [3.8, 4) is 44.5 Å². The standard InChI is InChI=1S/C76H48N2O2/c1-5-19-49(20-6-1)55-39-45-67(63(47-55)51-23-9-3-10-24-51)77(69-31-17-29-59-57-27-13-15-33-71(57)79-75(59)69)65-43-37-53-36-42-62-66(44-38-54-35-41-61(65)73(53)74(54)62)78(70-32-18-30-60-58-28-14-16-34-72(58)80-76(60)70)68-46-40-56(50-21-7-2-8-22-50)48-64(68)52-25-11-4-12-26-52/h1-48H. The highest BCUT2D eigenvalue weighted by molar-refractivity contribution is 6.29. The average Bonchev–Trinajstić information content (AvgIpc) is 4.01. The largest absolute Gasteiger partial charge is 0.454 e. The maximum Gasteiger partial charge on any atom is 0.159 e. The van der Waals surface area contributed by atoms with Crippen molar-refractivity contribution in [1.82, 2.24) is 0 Å². The van der Waals surface area contributed by atoms with Gasteiger partial charge in [-0.3, -0.25) is 0 Å². The third-order valence-electron chi connectivity index (χ3n) is 16.2. The number of hydrogen-bond acceptors (Lipinski definition) is 4. The van der Waals surface area contributed by atoms with Crippen molar-refractivity contribution in [1.29, 1.82) is 0 Å². The lowest BCUT2D eigenvalue weighted by molar-refractivity contribution is 0.669. The lowest BCUT2D eigenvalue weighted by Gasteiger charge is -2.31. The summed E-state index contributed by atoms with van der Waals surface area (Å²) >= 11 is 0. The predicted octanol–water partition coefficient (Wildman–Crippen LogP) is 22.0. The molecule has 14 aromatic carbocycles. The van der Waals surface area contributed by atoms with E-state index < -0.39 is 0 Å². The maximum atomic E-state index is 6.97. The fraction of sp³-hybridized carbons (Fsp3) is 0. The Bertz CT molecular complexity index is 4690. The minimum atomic E-state index is 0.829. The molecule has 0 fully saturated rings. The Kier molecular flexibility index (Phi) is 10.5. The maximum absolute atomic E-state index is 6.97. The van der Waals surface area contributed by atoms with E-state index in [0.29, 0.717) is 0 Å². The molecule has 0 aliphatic rings. The van der Waals surface area contributed by atoms with Gasteiger partial charge in [0.1, 0.15) is 11.2 Å². The van der Waals surface area contributed by atoms with Crippen LogP contribution < -0.4 is 9.80 Å². The summed E-state index contributed by atoms with van der Waals surface area (Å²) in [4.78, 5) is 4.90. The van der Waals surface area contributed by atoms with Gasteiger partial charge in [0, 0.05) is 43.4 Å². The highest BCUT2D eigenvalue weighted by Crippen LogP contribution is 2.53. The normalized spacial score (nSPS) is 11.8. The van der Waals surface area contributed by atoms with Crippen LogP contribution in [0.2, 0.25) is 0 Å². The van der Waals surface area contributed by atoms with Gasteiger partial charge in [0.2, 0.25) is 0 Å². The molecule has 0 atom stereocenters. The van der Waals surface area contributed by atoms with Gasteiger partial charge in [0.15, 0.2) is 11.2 Å². The smallest absolute Gasteiger partial charge is 0.159 e. The first-order chi connectivity index (χ1) is 39.7. The fourth-order valence-electron chi connectivity index (χ4n) is 12.5. The topological polar surface area (TPSA) is 32.8 Å². The van der Waals surface area contributed by atoms with E-state index in [9.17, 15) is 0 Å². The Hall–Kier alpha value is -10.7. The van der Waals surface area contributed by atoms with Gasteiger partial charge < -0.3 is 18.6 Å². The first-order valence-electron chi connectivity index (χ1n) is 27.3. The molecule has 0 amide bonds. The van der Waals surface area contributed by atoms with Crippen molar-refractivity contribution in [3.05, 3.63) is 291 Å². The van der Waals surface area contributed by atoms with Gasteiger partial charge in [-0.1, -0.05) is 231 Å². The monoisotopic (exact) mass is 1020 g/mol. The van der Waals surface area contributed by atoms with Crippen LogP contribution in [0.4, 0.5) is 34.1 Å². The highest BCUT2D eigenvalue weighted by atomic mass is 16.3. The van der Waals surface area contributed by atoms with Crippen LogP contribution in [0.5, 0.6) is 0 Å². The van der Waals surface area contributed by atoms with E-state index in [0.717, 1.165) is 144 Å². The van der Waals surface area contributed by atoms with Gasteiger partial charge in [-0.25, -0.2) is 0 Å². The van der Waals surface area contributed by atoms with Crippen LogP contribution in [-0.4, -0.2) is 0 Å². The Morgan fingerprint density at radius 2 is 0.562 bits per heavy atom. The molecule has 4 nitrogen and oxygen atoms in total. The first kappa shape index (κ1) is 45.5. The molecule has 4 heteroatoms. The summed E-state index contributed by atoms with van der Waals surface area (Å²) in [7, 11) is 0. The molecule has 0 aliphatic carbocycles. The summed E-state index contributed by atoms with van der Waals surface area (Å²) in [5.74, 6) is 0. The molecular weight excluding hydrogens is 973 g/mol. The third-order valence-corrected chi connectivity index (χ3v) is 16.2. The average molecular weight is 1020 g/mol. The number of para-hydroxylation sites is 4. The summed E-state index contributed by atoms with van der Waals surface area (Å²) < 4.78 is 13.9. The fourth-order valence-corrected chi connectivity index (χ4v) is 12.5. The van der Waals surface area contributed by atoms with Crippen molar-refractivity contribution in [2.75, 3.05) is 9.80 Å². The summed E-state index contributed by atoms with van der Waals surface area (Å²) in [5.41, 5.74) is 18.5. The van der Waals surface area contributed by atoms with Crippen LogP contribution in [0.3, 0.4) is 0 Å². The van der Waals surface area contributed by atoms with Crippen LogP contribution >= 0.6 is 0 Å². The van der Waals surface area contributed by atoms with E-state index in [4.69, 9.17) is 8.83 Å². The second-order valence-corrected chi connectivity index (χ2v) is 20.7. The summed E-state index contributed by atoms with van der Waals surface area (Å²) in [6.45, 7) is 0. The Labute approximate surface area is 462 Å². The second kappa shape index (κ2) is 18.5. The molecular formula is C76H48N2O2. The lowest BCUT2D eigenvalue weighted by atomic mass is 9.90. The molecule has 2 heterocycles. The van der Waals surface area contributed by atoms with E-state index >= 15 is 0 Å². The van der Waals surface area contributed by atoms with Crippen molar-refractivity contribution in [2.45, 2.75) is 0 Å². The zero-order valence-electron chi connectivity index (χ0n) is 43.4. The molecule has 0 bridgehead atoms. The number of nitrogens with zero attached hydrogens (tertiary/aromatic N) is 2. The Morgan fingerprint density at radius 3 is 0.988 bits per heavy atom. The molecule has 374 valence electrons. The van der Waals surface area contributed by atoms with Crippen LogP contribution in [0, 0.1) is 0 Å². The molecule has 2 aromatic heterocycles. The SMILES string of the molecule is c1ccc(-c2ccc(N(c3ccc4ccc5c(N(c6ccc(-c7ccccc7)cc6-c6ccccc6)c6cccc7c6oc6ccccc67)ccc6ccc3c4c65)c3cccc4c3oc3ccccc34)c(-c3ccccc3)c2)cc1. The zero-order valence-corrected chi connectivity index (χ0v) is 43.4. The molecule has 16 aromatic rings. The van der Waals surface area contributed by atoms with E-state index in [1.54, 1.807) is 0 Å². The van der Waals surface area contributed by atoms with Gasteiger partial charge in [-0.2, -0.15) is 0 Å². The van der Waals surface area contributed by atoms with Crippen LogP contribution in [-0.2, 0) is 0 Å². The molecule has 0 N–H and O–H groups in total. The van der Waals surface area contributed by atoms with E-state index in [2.05, 4.69) is 289 Å². The van der Waals surface area contributed by atoms with Crippen molar-refractivity contribution < 1.29 is 8.83 Å². The number of rotatable bonds is 10. The number of furan rings is 2. The molecule has 0 unspecified atom stereocenters. The first-order valence-corrected chi connectivity index (χ1v) is 27.3. The van der Waals surface area contributed by atoms with Gasteiger partial charge in [0.25, 0.3) is 0 Å². The molecule has 0 aliphatic heterocycles. The number of fused-ring (bicyclic) bond motifs is 6. The Balaban J connectivity index is 0.981. The summed E-state index contributed by atoms with van der Waals surface area (Å²) in [5, 5.41) is 11.3. The molecule has 16 rings (SSSR count). The summed E-state index contributed by atoms with van der Waals surface area (Å²) in [6.07, 6.45) is 0. The van der Waals surface area contributed by atoms with Crippen LogP contribution in [0.1, 0.15) is 0 Å². The molecule has 80 heavy (non-hydrogen) atoms. The molecule has 0 saturated heterocycles. The minimum absolute atomic E-state index is 0.829. The predicted molar refractivity (Wildman–Crippen MR) is 336 cm³/mol. The third kappa shape index (κ3) is 7.31. The molecule has 0 radical (unpaired) electrons. The van der Waals surface area contributed by atoms with Crippen molar-refractivity contribution in [2.24, 2.45) is 0 Å². The lowest BCUT2D eigenvalue weighted by Crippen LogP contribution is -2.13. The van der Waals surface area contributed by atoms with Crippen LogP contribution in [0.25, 0.3) is 121 Å². The van der Waals surface area contributed by atoms with Gasteiger partial charge in [0.05, 0.1) is 34.1 Å². The van der Waals surface area contributed by atoms with E-state index in [1.807, 2.05) is 12.1 Å². The highest BCUT2D eigenvalue weighted by Gasteiger charge is 2.28. The van der Waals surface area contributed by atoms with E-state index in [-0.39, 0.29) is 0 Å². The van der Waals surface area contributed by atoms with Crippen molar-refractivity contribution in [3.63, 3.8) is 0 Å². The minimum Gasteiger partial charge on any atom is -0.454 e. The summed E-state index contributed by atoms with van der Waals surface area (Å²) in [6, 6.07) is 105. The number of benzene rings is 14.